The number of nitrogens with one attached hydrogen (secondary N) is 1. The van der Waals surface area contributed by atoms with E-state index >= 15 is 0 Å². The monoisotopic (exact) mass is 286 g/mol. The first-order valence-electron chi connectivity index (χ1n) is 7.61. The summed E-state index contributed by atoms with van der Waals surface area (Å²) in [5, 5.41) is 3.67. The zero-order valence-corrected chi connectivity index (χ0v) is 13.5. The van der Waals surface area contributed by atoms with Crippen molar-refractivity contribution in [2.75, 3.05) is 20.6 Å². The SMILES string of the molecule is CCC(NCC(c1ccco1)N(C)C)c1ccc(C)cc1. The van der Waals surface area contributed by atoms with Gasteiger partial charge in [0.15, 0.2) is 0 Å². The van der Waals surface area contributed by atoms with E-state index in [1.807, 2.05) is 12.1 Å². The van der Waals surface area contributed by atoms with E-state index in [0.717, 1.165) is 18.7 Å². The lowest BCUT2D eigenvalue weighted by molar-refractivity contribution is 0.243. The van der Waals surface area contributed by atoms with Crippen molar-refractivity contribution in [2.24, 2.45) is 0 Å². The van der Waals surface area contributed by atoms with Crippen LogP contribution in [0.2, 0.25) is 0 Å². The van der Waals surface area contributed by atoms with Gasteiger partial charge < -0.3 is 9.73 Å². The van der Waals surface area contributed by atoms with E-state index in [0.29, 0.717) is 6.04 Å². The molecule has 0 fully saturated rings. The molecule has 2 aromatic rings. The van der Waals surface area contributed by atoms with Crippen LogP contribution >= 0.6 is 0 Å². The van der Waals surface area contributed by atoms with Gasteiger partial charge in [-0.25, -0.2) is 0 Å². The molecule has 2 atom stereocenters. The molecule has 114 valence electrons. The molecule has 1 N–H and O–H groups in total. The molecule has 0 spiro atoms. The zero-order valence-electron chi connectivity index (χ0n) is 13.5. The summed E-state index contributed by atoms with van der Waals surface area (Å²) in [7, 11) is 4.17. The summed E-state index contributed by atoms with van der Waals surface area (Å²) in [6.45, 7) is 5.21. The summed E-state index contributed by atoms with van der Waals surface area (Å²) in [5.41, 5.74) is 2.65. The Labute approximate surface area is 128 Å². The minimum Gasteiger partial charge on any atom is -0.468 e. The van der Waals surface area contributed by atoms with Gasteiger partial charge in [0.1, 0.15) is 5.76 Å². The second kappa shape index (κ2) is 7.43. The minimum absolute atomic E-state index is 0.250. The molecule has 0 radical (unpaired) electrons. The molecule has 0 bridgehead atoms. The van der Waals surface area contributed by atoms with Gasteiger partial charge in [-0.1, -0.05) is 36.8 Å². The fourth-order valence-electron chi connectivity index (χ4n) is 2.57. The molecular formula is C18H26N2O. The van der Waals surface area contributed by atoms with Crippen LogP contribution in [0, 0.1) is 6.92 Å². The summed E-state index contributed by atoms with van der Waals surface area (Å²) in [5.74, 6) is 1.01. The Morgan fingerprint density at radius 2 is 1.86 bits per heavy atom. The molecule has 3 heteroatoms. The Morgan fingerprint density at radius 3 is 2.38 bits per heavy atom. The number of nitrogens with zero attached hydrogens (tertiary/aromatic N) is 1. The highest BCUT2D eigenvalue weighted by molar-refractivity contribution is 5.24. The summed E-state index contributed by atoms with van der Waals surface area (Å²) < 4.78 is 5.56. The fourth-order valence-corrected chi connectivity index (χ4v) is 2.57. The van der Waals surface area contributed by atoms with Crippen LogP contribution in [-0.4, -0.2) is 25.5 Å². The Hall–Kier alpha value is -1.58. The van der Waals surface area contributed by atoms with Crippen LogP contribution in [0.15, 0.2) is 47.1 Å². The van der Waals surface area contributed by atoms with Gasteiger partial charge in [0, 0.05) is 12.6 Å². The lowest BCUT2D eigenvalue weighted by Gasteiger charge is -2.26. The van der Waals surface area contributed by atoms with Crippen molar-refractivity contribution < 1.29 is 4.42 Å². The average molecular weight is 286 g/mol. The first-order valence-corrected chi connectivity index (χ1v) is 7.61. The largest absolute Gasteiger partial charge is 0.468 e. The van der Waals surface area contributed by atoms with Crippen LogP contribution in [0.3, 0.4) is 0 Å². The molecule has 1 aromatic carbocycles. The first-order chi connectivity index (χ1) is 10.1. The molecule has 2 unspecified atom stereocenters. The van der Waals surface area contributed by atoms with Crippen LogP contribution in [0.25, 0.3) is 0 Å². The molecule has 0 saturated heterocycles. The molecule has 0 aliphatic heterocycles. The Balaban J connectivity index is 2.03. The van der Waals surface area contributed by atoms with Gasteiger partial charge >= 0.3 is 0 Å². The molecule has 1 heterocycles. The molecule has 1 aromatic heterocycles. The van der Waals surface area contributed by atoms with Crippen LogP contribution in [0.5, 0.6) is 0 Å². The molecule has 0 amide bonds. The van der Waals surface area contributed by atoms with Crippen molar-refractivity contribution in [1.29, 1.82) is 0 Å². The van der Waals surface area contributed by atoms with Crippen LogP contribution in [0.4, 0.5) is 0 Å². The second-order valence-corrected chi connectivity index (χ2v) is 5.77. The smallest absolute Gasteiger partial charge is 0.122 e. The van der Waals surface area contributed by atoms with E-state index in [1.54, 1.807) is 6.26 Å². The highest BCUT2D eigenvalue weighted by Gasteiger charge is 2.18. The molecule has 2 rings (SSSR count). The van der Waals surface area contributed by atoms with Gasteiger partial charge in [0.25, 0.3) is 0 Å². The van der Waals surface area contributed by atoms with E-state index in [4.69, 9.17) is 4.42 Å². The molecular weight excluding hydrogens is 260 g/mol. The summed E-state index contributed by atoms with van der Waals surface area (Å²) in [4.78, 5) is 2.19. The fraction of sp³-hybridized carbons (Fsp3) is 0.444. The second-order valence-electron chi connectivity index (χ2n) is 5.77. The zero-order chi connectivity index (χ0) is 15.2. The maximum Gasteiger partial charge on any atom is 0.122 e. The Morgan fingerprint density at radius 1 is 1.14 bits per heavy atom. The van der Waals surface area contributed by atoms with Gasteiger partial charge in [-0.15, -0.1) is 0 Å². The third-order valence-electron chi connectivity index (χ3n) is 3.94. The molecule has 0 aliphatic carbocycles. The Bertz CT molecular complexity index is 517. The molecule has 0 aliphatic rings. The van der Waals surface area contributed by atoms with E-state index in [9.17, 15) is 0 Å². The van der Waals surface area contributed by atoms with Crippen LogP contribution < -0.4 is 5.32 Å². The van der Waals surface area contributed by atoms with E-state index in [1.165, 1.54) is 11.1 Å². The maximum atomic E-state index is 5.56. The predicted octanol–water partition coefficient (Wildman–Crippen LogP) is 3.93. The molecule has 3 nitrogen and oxygen atoms in total. The van der Waals surface area contributed by atoms with Crippen molar-refractivity contribution in [1.82, 2.24) is 10.2 Å². The first kappa shape index (κ1) is 15.8. The highest BCUT2D eigenvalue weighted by Crippen LogP contribution is 2.21. The molecule has 21 heavy (non-hydrogen) atoms. The number of rotatable bonds is 7. The summed E-state index contributed by atoms with van der Waals surface area (Å²) in [6, 6.07) is 13.4. The minimum atomic E-state index is 0.250. The average Bonchev–Trinajstić information content (AvgIpc) is 2.98. The standard InChI is InChI=1S/C18H26N2O/c1-5-16(15-10-8-14(2)9-11-15)19-13-17(20(3)4)18-7-6-12-21-18/h6-12,16-17,19H,5,13H2,1-4H3. The van der Waals surface area contributed by atoms with E-state index in [-0.39, 0.29) is 6.04 Å². The quantitative estimate of drug-likeness (QED) is 0.836. The van der Waals surface area contributed by atoms with Gasteiger partial charge in [-0.2, -0.15) is 0 Å². The lowest BCUT2D eigenvalue weighted by atomic mass is 10.0. The number of aryl methyl sites for hydroxylation is 1. The molecule has 0 saturated carbocycles. The van der Waals surface area contributed by atoms with Crippen molar-refractivity contribution in [2.45, 2.75) is 32.4 Å². The van der Waals surface area contributed by atoms with Crippen molar-refractivity contribution in [3.63, 3.8) is 0 Å². The topological polar surface area (TPSA) is 28.4 Å². The number of benzene rings is 1. The van der Waals surface area contributed by atoms with Crippen molar-refractivity contribution in [3.8, 4) is 0 Å². The number of hydrogen-bond donors (Lipinski definition) is 1. The van der Waals surface area contributed by atoms with Gasteiger partial charge in [0.2, 0.25) is 0 Å². The number of hydrogen-bond acceptors (Lipinski definition) is 3. The van der Waals surface area contributed by atoms with Crippen molar-refractivity contribution in [3.05, 3.63) is 59.5 Å². The van der Waals surface area contributed by atoms with Crippen LogP contribution in [0.1, 0.15) is 42.3 Å². The normalized spacial score (nSPS) is 14.3. The van der Waals surface area contributed by atoms with Crippen LogP contribution in [-0.2, 0) is 0 Å². The maximum absolute atomic E-state index is 5.56. The Kier molecular flexibility index (Phi) is 5.59. The third kappa shape index (κ3) is 4.19. The van der Waals surface area contributed by atoms with Gasteiger partial charge in [0.05, 0.1) is 12.3 Å². The van der Waals surface area contributed by atoms with E-state index < -0.39 is 0 Å². The van der Waals surface area contributed by atoms with Gasteiger partial charge in [-0.3, -0.25) is 4.90 Å². The van der Waals surface area contributed by atoms with Gasteiger partial charge in [-0.05, 0) is 45.1 Å². The summed E-state index contributed by atoms with van der Waals surface area (Å²) >= 11 is 0. The third-order valence-corrected chi connectivity index (χ3v) is 3.94. The highest BCUT2D eigenvalue weighted by atomic mass is 16.3. The van der Waals surface area contributed by atoms with Crippen molar-refractivity contribution >= 4 is 0 Å². The number of furan rings is 1. The number of likely N-dealkylation sites (N-methyl/N-ethyl adjacent to an activating group) is 1. The summed E-state index contributed by atoms with van der Waals surface area (Å²) in [6.07, 6.45) is 2.81. The predicted molar refractivity (Wildman–Crippen MR) is 87.3 cm³/mol. The lowest BCUT2D eigenvalue weighted by Crippen LogP contribution is -2.33. The van der Waals surface area contributed by atoms with E-state index in [2.05, 4.69) is 62.4 Å².